The number of rotatable bonds is 3. The second-order valence-corrected chi connectivity index (χ2v) is 6.43. The molecule has 1 amide bonds. The average molecular weight is 373 g/mol. The fourth-order valence-corrected chi connectivity index (χ4v) is 3.38. The summed E-state index contributed by atoms with van der Waals surface area (Å²) < 4.78 is 11.8. The van der Waals surface area contributed by atoms with E-state index in [2.05, 4.69) is 10.3 Å². The molecule has 4 rings (SSSR count). The van der Waals surface area contributed by atoms with Crippen molar-refractivity contribution >= 4 is 38.3 Å². The molecule has 10 heteroatoms. The van der Waals surface area contributed by atoms with Gasteiger partial charge in [-0.3, -0.25) is 20.2 Å². The van der Waals surface area contributed by atoms with Crippen LogP contribution in [-0.4, -0.2) is 34.1 Å². The topological polar surface area (TPSA) is 124 Å². The molecule has 0 radical (unpaired) electrons. The predicted molar refractivity (Wildman–Crippen MR) is 93.3 cm³/mol. The van der Waals surface area contributed by atoms with Crippen LogP contribution in [0.2, 0.25) is 0 Å². The fraction of sp³-hybridized carbons (Fsp3) is 0.125. The van der Waals surface area contributed by atoms with Crippen molar-refractivity contribution in [1.29, 1.82) is 0 Å². The maximum atomic E-state index is 12.3. The van der Waals surface area contributed by atoms with Crippen molar-refractivity contribution in [2.24, 2.45) is 0 Å². The molecule has 1 aromatic heterocycles. The van der Waals surface area contributed by atoms with Gasteiger partial charge >= 0.3 is 5.69 Å². The number of aromatic hydroxyl groups is 1. The summed E-state index contributed by atoms with van der Waals surface area (Å²) >= 11 is 1.26. The van der Waals surface area contributed by atoms with Crippen molar-refractivity contribution in [2.45, 2.75) is 0 Å². The van der Waals surface area contributed by atoms with E-state index in [-0.39, 0.29) is 5.56 Å². The number of hydrogen-bond donors (Lipinski definition) is 2. The van der Waals surface area contributed by atoms with Crippen molar-refractivity contribution in [3.8, 4) is 17.2 Å². The minimum absolute atomic E-state index is 0.0818. The zero-order valence-electron chi connectivity index (χ0n) is 13.1. The highest BCUT2D eigenvalue weighted by Gasteiger charge is 2.18. The minimum atomic E-state index is -0.726. The number of fused-ring (bicyclic) bond motifs is 2. The van der Waals surface area contributed by atoms with Crippen LogP contribution in [0.25, 0.3) is 10.2 Å². The number of nitrogens with one attached hydrogen (secondary N) is 1. The van der Waals surface area contributed by atoms with Gasteiger partial charge in [0, 0.05) is 23.8 Å². The molecule has 0 saturated carbocycles. The van der Waals surface area contributed by atoms with Crippen LogP contribution in [0.3, 0.4) is 0 Å². The Kier molecular flexibility index (Phi) is 3.81. The number of carbonyl (C=O) groups excluding carboxylic acids is 1. The molecule has 0 atom stereocenters. The van der Waals surface area contributed by atoms with E-state index in [9.17, 15) is 20.0 Å². The van der Waals surface area contributed by atoms with Gasteiger partial charge in [0.15, 0.2) is 22.4 Å². The third-order valence-corrected chi connectivity index (χ3v) is 4.64. The predicted octanol–water partition coefficient (Wildman–Crippen LogP) is 2.93. The van der Waals surface area contributed by atoms with Crippen molar-refractivity contribution in [3.05, 3.63) is 46.0 Å². The summed E-state index contributed by atoms with van der Waals surface area (Å²) in [5.41, 5.74) is 0.270. The van der Waals surface area contributed by atoms with E-state index in [1.165, 1.54) is 17.4 Å². The van der Waals surface area contributed by atoms with Gasteiger partial charge in [-0.1, -0.05) is 11.3 Å². The Morgan fingerprint density at radius 1 is 1.23 bits per heavy atom. The van der Waals surface area contributed by atoms with E-state index in [0.717, 1.165) is 16.8 Å². The van der Waals surface area contributed by atoms with Gasteiger partial charge in [0.2, 0.25) is 0 Å². The lowest BCUT2D eigenvalue weighted by molar-refractivity contribution is -0.385. The summed E-state index contributed by atoms with van der Waals surface area (Å²) in [4.78, 5) is 26.6. The van der Waals surface area contributed by atoms with Gasteiger partial charge in [-0.25, -0.2) is 4.98 Å². The molecule has 1 aliphatic heterocycles. The first kappa shape index (κ1) is 16.1. The number of hydrogen-bond acceptors (Lipinski definition) is 8. The van der Waals surface area contributed by atoms with Gasteiger partial charge in [0.05, 0.1) is 15.1 Å². The summed E-state index contributed by atoms with van der Waals surface area (Å²) in [6.07, 6.45) is 0. The van der Waals surface area contributed by atoms with Gasteiger partial charge in [0.25, 0.3) is 5.91 Å². The molecule has 0 bridgehead atoms. The lowest BCUT2D eigenvalue weighted by Gasteiger charge is -2.17. The van der Waals surface area contributed by atoms with Crippen LogP contribution < -0.4 is 14.8 Å². The van der Waals surface area contributed by atoms with E-state index >= 15 is 0 Å². The maximum absolute atomic E-state index is 12.3. The van der Waals surface area contributed by atoms with Gasteiger partial charge in [-0.2, -0.15) is 0 Å². The van der Waals surface area contributed by atoms with Gasteiger partial charge in [-0.05, 0) is 12.1 Å². The van der Waals surface area contributed by atoms with Crippen LogP contribution in [0.15, 0.2) is 30.3 Å². The number of amides is 1. The number of aromatic nitrogens is 1. The van der Waals surface area contributed by atoms with E-state index in [4.69, 9.17) is 9.47 Å². The zero-order valence-corrected chi connectivity index (χ0v) is 13.9. The number of benzene rings is 2. The van der Waals surface area contributed by atoms with E-state index in [1.807, 2.05) is 0 Å². The summed E-state index contributed by atoms with van der Waals surface area (Å²) in [5.74, 6) is 0.123. The number of phenolic OH excluding ortho intramolecular Hbond substituents is 1. The van der Waals surface area contributed by atoms with Gasteiger partial charge < -0.3 is 14.6 Å². The minimum Gasteiger partial charge on any atom is -0.502 e. The number of carbonyl (C=O) groups is 1. The van der Waals surface area contributed by atoms with Crippen LogP contribution in [0.1, 0.15) is 10.4 Å². The van der Waals surface area contributed by atoms with Crippen molar-refractivity contribution < 1.29 is 24.3 Å². The molecule has 0 saturated heterocycles. The van der Waals surface area contributed by atoms with Crippen molar-refractivity contribution in [1.82, 2.24) is 4.98 Å². The Hall–Kier alpha value is -3.40. The number of nitro benzene ring substituents is 1. The highest BCUT2D eigenvalue weighted by atomic mass is 32.1. The lowest BCUT2D eigenvalue weighted by Crippen LogP contribution is -2.15. The highest BCUT2D eigenvalue weighted by molar-refractivity contribution is 7.22. The van der Waals surface area contributed by atoms with Crippen LogP contribution in [0.4, 0.5) is 10.8 Å². The van der Waals surface area contributed by atoms with Crippen LogP contribution in [0.5, 0.6) is 17.2 Å². The van der Waals surface area contributed by atoms with Crippen LogP contribution >= 0.6 is 11.3 Å². The Balaban J connectivity index is 1.59. The molecule has 132 valence electrons. The van der Waals surface area contributed by atoms with Gasteiger partial charge in [-0.15, -0.1) is 0 Å². The number of nitro groups is 1. The number of anilines is 1. The smallest absolute Gasteiger partial charge is 0.310 e. The first-order chi connectivity index (χ1) is 12.5. The van der Waals surface area contributed by atoms with Crippen LogP contribution in [0, 0.1) is 10.1 Å². The fourth-order valence-electron chi connectivity index (χ4n) is 2.51. The van der Waals surface area contributed by atoms with E-state index < -0.39 is 22.3 Å². The molecule has 9 nitrogen and oxygen atoms in total. The molecule has 0 aliphatic carbocycles. The maximum Gasteiger partial charge on any atom is 0.310 e. The monoisotopic (exact) mass is 373 g/mol. The standard InChI is InChI=1S/C16H11N3O6S/c20-11-5-8(1-2-10(11)19(22)23)15(21)18-16-17-9-6-12-13(7-14(9)26-16)25-4-3-24-12/h1-2,5-7,20H,3-4H2,(H,17,18,21). The van der Waals surface area contributed by atoms with Gasteiger partial charge in [0.1, 0.15) is 13.2 Å². The molecular weight excluding hydrogens is 362 g/mol. The normalized spacial score (nSPS) is 12.8. The Labute approximate surface area is 150 Å². The van der Waals surface area contributed by atoms with Crippen molar-refractivity contribution in [2.75, 3.05) is 18.5 Å². The molecule has 26 heavy (non-hydrogen) atoms. The number of ether oxygens (including phenoxy) is 2. The molecule has 0 unspecified atom stereocenters. The molecule has 0 fully saturated rings. The number of phenols is 1. The average Bonchev–Trinajstić information content (AvgIpc) is 3.00. The molecule has 1 aliphatic rings. The Bertz CT molecular complexity index is 1000. The third kappa shape index (κ3) is 2.86. The molecule has 2 aromatic carbocycles. The highest BCUT2D eigenvalue weighted by Crippen LogP contribution is 2.38. The molecule has 0 spiro atoms. The largest absolute Gasteiger partial charge is 0.502 e. The van der Waals surface area contributed by atoms with E-state index in [0.29, 0.717) is 35.4 Å². The lowest BCUT2D eigenvalue weighted by atomic mass is 10.2. The summed E-state index contributed by atoms with van der Waals surface area (Å²) in [5, 5.41) is 23.3. The zero-order chi connectivity index (χ0) is 18.3. The summed E-state index contributed by atoms with van der Waals surface area (Å²) in [6, 6.07) is 6.93. The van der Waals surface area contributed by atoms with Crippen molar-refractivity contribution in [3.63, 3.8) is 0 Å². The van der Waals surface area contributed by atoms with Crippen LogP contribution in [-0.2, 0) is 0 Å². The Morgan fingerprint density at radius 3 is 2.65 bits per heavy atom. The molecule has 2 heterocycles. The van der Waals surface area contributed by atoms with E-state index in [1.54, 1.807) is 12.1 Å². The second kappa shape index (κ2) is 6.15. The third-order valence-electron chi connectivity index (χ3n) is 3.71. The first-order valence-corrected chi connectivity index (χ1v) is 8.32. The second-order valence-electron chi connectivity index (χ2n) is 5.40. The summed E-state index contributed by atoms with van der Waals surface area (Å²) in [7, 11) is 0. The SMILES string of the molecule is O=C(Nc1nc2cc3c(cc2s1)OCCO3)c1ccc([N+](=O)[O-])c(O)c1. The molecular formula is C16H11N3O6S. The number of thiazole rings is 1. The number of nitrogens with zero attached hydrogens (tertiary/aromatic N) is 2. The first-order valence-electron chi connectivity index (χ1n) is 7.50. The quantitative estimate of drug-likeness (QED) is 0.534. The summed E-state index contributed by atoms with van der Waals surface area (Å²) in [6.45, 7) is 0.945. The molecule has 2 N–H and O–H groups in total. The Morgan fingerprint density at radius 2 is 1.96 bits per heavy atom. The molecule has 3 aromatic rings.